The Morgan fingerprint density at radius 2 is 2.32 bits per heavy atom. The van der Waals surface area contributed by atoms with Gasteiger partial charge in [-0.2, -0.15) is 0 Å². The van der Waals surface area contributed by atoms with Crippen LogP contribution in [0.15, 0.2) is 30.4 Å². The zero-order chi connectivity index (χ0) is 14.0. The van der Waals surface area contributed by atoms with Crippen LogP contribution >= 0.6 is 0 Å². The number of aryl methyl sites for hydroxylation is 1. The van der Waals surface area contributed by atoms with E-state index in [1.807, 2.05) is 6.07 Å². The Hall–Kier alpha value is -2.08. The summed E-state index contributed by atoms with van der Waals surface area (Å²) in [6.07, 6.45) is 7.47. The van der Waals surface area contributed by atoms with Gasteiger partial charge in [0.05, 0.1) is 0 Å². The molecule has 1 aliphatic rings. The molecule has 1 atom stereocenters. The first kappa shape index (κ1) is 13.4. The smallest absolute Gasteiger partial charge is 0.334 e. The molecule has 1 unspecified atom stereocenters. The van der Waals surface area contributed by atoms with Gasteiger partial charge in [-0.1, -0.05) is 24.6 Å². The molecule has 0 radical (unpaired) electrons. The molecule has 0 amide bonds. The minimum absolute atomic E-state index is 0.248. The number of carbonyl (C=O) groups excluding carboxylic acids is 1. The van der Waals surface area contributed by atoms with Crippen LogP contribution in [0.4, 0.5) is 4.39 Å². The largest absolute Gasteiger partial charge is 0.438 e. The van der Waals surface area contributed by atoms with Gasteiger partial charge in [0.1, 0.15) is 5.82 Å². The van der Waals surface area contributed by atoms with Crippen molar-refractivity contribution in [1.82, 2.24) is 0 Å². The number of fused-ring (bicyclic) bond motifs is 1. The molecule has 0 spiro atoms. The lowest BCUT2D eigenvalue weighted by Crippen LogP contribution is -2.36. The summed E-state index contributed by atoms with van der Waals surface area (Å²) in [5, 5.41) is 0. The van der Waals surface area contributed by atoms with Gasteiger partial charge in [-0.25, -0.2) is 9.18 Å². The van der Waals surface area contributed by atoms with Crippen LogP contribution in [0, 0.1) is 18.2 Å². The first-order valence-electron chi connectivity index (χ1n) is 6.14. The van der Waals surface area contributed by atoms with Gasteiger partial charge in [0.15, 0.2) is 0 Å². The average Bonchev–Trinajstić information content (AvgIpc) is 2.38. The average molecular weight is 258 g/mol. The second kappa shape index (κ2) is 4.89. The van der Waals surface area contributed by atoms with Gasteiger partial charge in [0.25, 0.3) is 0 Å². The molecule has 0 aliphatic heterocycles. The van der Waals surface area contributed by atoms with E-state index < -0.39 is 17.4 Å². The van der Waals surface area contributed by atoms with Crippen molar-refractivity contribution < 1.29 is 13.9 Å². The van der Waals surface area contributed by atoms with Crippen molar-refractivity contribution in [2.75, 3.05) is 0 Å². The van der Waals surface area contributed by atoms with Crippen LogP contribution in [0.1, 0.15) is 30.9 Å². The van der Waals surface area contributed by atoms with Gasteiger partial charge in [-0.15, -0.1) is 6.42 Å². The van der Waals surface area contributed by atoms with Crippen molar-refractivity contribution in [2.45, 2.75) is 31.8 Å². The van der Waals surface area contributed by atoms with Crippen LogP contribution in [-0.2, 0) is 21.6 Å². The third-order valence-electron chi connectivity index (χ3n) is 3.33. The summed E-state index contributed by atoms with van der Waals surface area (Å²) in [4.78, 5) is 11.8. The fraction of sp³-hybridized carbons (Fsp3) is 0.312. The third-order valence-corrected chi connectivity index (χ3v) is 3.33. The number of hydrogen-bond acceptors (Lipinski definition) is 2. The Morgan fingerprint density at radius 1 is 1.58 bits per heavy atom. The van der Waals surface area contributed by atoms with E-state index in [0.29, 0.717) is 12.0 Å². The highest BCUT2D eigenvalue weighted by Crippen LogP contribution is 2.40. The molecule has 0 heterocycles. The number of ether oxygens (including phenoxy) is 1. The topological polar surface area (TPSA) is 26.3 Å². The van der Waals surface area contributed by atoms with Crippen LogP contribution < -0.4 is 0 Å². The summed E-state index contributed by atoms with van der Waals surface area (Å²) in [5.74, 6) is 1.46. The molecule has 0 saturated heterocycles. The standard InChI is InChI=1S/C16H15FO2/c1-4-16(19-15(18)11(2)3)10-6-8-12-7-5-9-13(17)14(12)16/h1,5,7,9H,2,6,8,10H2,3H3. The molecule has 1 aromatic rings. The summed E-state index contributed by atoms with van der Waals surface area (Å²) in [6.45, 7) is 5.07. The second-order valence-corrected chi connectivity index (χ2v) is 4.77. The molecule has 0 N–H and O–H groups in total. The van der Waals surface area contributed by atoms with Crippen LogP contribution in [0.2, 0.25) is 0 Å². The Kier molecular flexibility index (Phi) is 3.44. The molecule has 19 heavy (non-hydrogen) atoms. The van der Waals surface area contributed by atoms with E-state index in [4.69, 9.17) is 11.2 Å². The van der Waals surface area contributed by atoms with E-state index in [9.17, 15) is 9.18 Å². The molecule has 1 aliphatic carbocycles. The van der Waals surface area contributed by atoms with Crippen molar-refractivity contribution >= 4 is 5.97 Å². The van der Waals surface area contributed by atoms with Crippen molar-refractivity contribution in [2.24, 2.45) is 0 Å². The summed E-state index contributed by atoms with van der Waals surface area (Å²) >= 11 is 0. The number of esters is 1. The monoisotopic (exact) mass is 258 g/mol. The highest BCUT2D eigenvalue weighted by atomic mass is 19.1. The highest BCUT2D eigenvalue weighted by molar-refractivity contribution is 5.87. The highest BCUT2D eigenvalue weighted by Gasteiger charge is 2.41. The lowest BCUT2D eigenvalue weighted by atomic mass is 9.79. The maximum Gasteiger partial charge on any atom is 0.334 e. The fourth-order valence-corrected chi connectivity index (χ4v) is 2.40. The van der Waals surface area contributed by atoms with Crippen LogP contribution in [0.5, 0.6) is 0 Å². The summed E-state index contributed by atoms with van der Waals surface area (Å²) in [6, 6.07) is 4.80. The van der Waals surface area contributed by atoms with Crippen LogP contribution in [0.25, 0.3) is 0 Å². The summed E-state index contributed by atoms with van der Waals surface area (Å²) < 4.78 is 19.5. The molecule has 0 aromatic heterocycles. The molecule has 0 bridgehead atoms. The maximum absolute atomic E-state index is 14.1. The van der Waals surface area contributed by atoms with Gasteiger partial charge in [0.2, 0.25) is 5.60 Å². The number of benzene rings is 1. The zero-order valence-electron chi connectivity index (χ0n) is 10.8. The lowest BCUT2D eigenvalue weighted by Gasteiger charge is -2.34. The van der Waals surface area contributed by atoms with Crippen LogP contribution in [-0.4, -0.2) is 5.97 Å². The normalized spacial score (nSPS) is 21.1. The molecular weight excluding hydrogens is 243 g/mol. The maximum atomic E-state index is 14.1. The second-order valence-electron chi connectivity index (χ2n) is 4.77. The van der Waals surface area contributed by atoms with E-state index in [1.165, 1.54) is 13.0 Å². The molecule has 1 aromatic carbocycles. The first-order chi connectivity index (χ1) is 9.00. The van der Waals surface area contributed by atoms with E-state index in [1.54, 1.807) is 6.07 Å². The van der Waals surface area contributed by atoms with Crippen molar-refractivity contribution in [1.29, 1.82) is 0 Å². The van der Waals surface area contributed by atoms with Crippen molar-refractivity contribution in [3.8, 4) is 12.3 Å². The first-order valence-corrected chi connectivity index (χ1v) is 6.14. The van der Waals surface area contributed by atoms with Gasteiger partial charge in [0, 0.05) is 17.6 Å². The molecule has 0 fully saturated rings. The molecule has 98 valence electrons. The predicted molar refractivity (Wildman–Crippen MR) is 70.8 cm³/mol. The van der Waals surface area contributed by atoms with E-state index in [0.717, 1.165) is 18.4 Å². The minimum Gasteiger partial charge on any atom is -0.438 e. The van der Waals surface area contributed by atoms with Gasteiger partial charge in [-0.3, -0.25) is 0 Å². The molecule has 0 saturated carbocycles. The van der Waals surface area contributed by atoms with E-state index in [-0.39, 0.29) is 5.57 Å². The van der Waals surface area contributed by atoms with Gasteiger partial charge >= 0.3 is 5.97 Å². The lowest BCUT2D eigenvalue weighted by molar-refractivity contribution is -0.151. The number of halogens is 1. The molecular formula is C16H15FO2. The number of hydrogen-bond donors (Lipinski definition) is 0. The predicted octanol–water partition coefficient (Wildman–Crippen LogP) is 3.11. The van der Waals surface area contributed by atoms with Gasteiger partial charge in [-0.05, 0) is 31.4 Å². The SMILES string of the molecule is C#CC1(OC(=O)C(=C)C)CCCc2cccc(F)c21. The zero-order valence-corrected chi connectivity index (χ0v) is 10.8. The third kappa shape index (κ3) is 2.26. The number of rotatable bonds is 2. The minimum atomic E-state index is -1.31. The van der Waals surface area contributed by atoms with Gasteiger partial charge < -0.3 is 4.74 Å². The van der Waals surface area contributed by atoms with E-state index >= 15 is 0 Å². The summed E-state index contributed by atoms with van der Waals surface area (Å²) in [5.41, 5.74) is 0.0600. The fourth-order valence-electron chi connectivity index (χ4n) is 2.40. The van der Waals surface area contributed by atoms with Crippen molar-refractivity contribution in [3.63, 3.8) is 0 Å². The Morgan fingerprint density at radius 3 is 2.95 bits per heavy atom. The molecule has 2 rings (SSSR count). The van der Waals surface area contributed by atoms with Crippen molar-refractivity contribution in [3.05, 3.63) is 47.3 Å². The Bertz CT molecular complexity index is 583. The molecule has 3 heteroatoms. The molecule has 2 nitrogen and oxygen atoms in total. The summed E-state index contributed by atoms with van der Waals surface area (Å²) in [7, 11) is 0. The Balaban J connectivity index is 2.52. The number of terminal acetylenes is 1. The number of carbonyl (C=O) groups is 1. The van der Waals surface area contributed by atoms with E-state index in [2.05, 4.69) is 12.5 Å². The van der Waals surface area contributed by atoms with Crippen LogP contribution in [0.3, 0.4) is 0 Å². The Labute approximate surface area is 112 Å². The quantitative estimate of drug-likeness (QED) is 0.463.